The summed E-state index contributed by atoms with van der Waals surface area (Å²) in [4.78, 5) is 19.4. The Morgan fingerprint density at radius 3 is 2.18 bits per heavy atom. The molecule has 148 valence electrons. The Morgan fingerprint density at radius 1 is 0.821 bits per heavy atom. The van der Waals surface area contributed by atoms with E-state index < -0.39 is 0 Å². The van der Waals surface area contributed by atoms with E-state index in [0.717, 1.165) is 45.0 Å². The lowest BCUT2D eigenvalue weighted by Gasteiger charge is -2.37. The molecule has 2 heterocycles. The van der Waals surface area contributed by atoms with Gasteiger partial charge in [-0.05, 0) is 68.1 Å². The number of hydrogen-bond donors (Lipinski definition) is 1. The SMILES string of the molecule is Cc1ccc(C)c(N2CCN(C(=O)Nc3ccc(N4CCCC4)cc3)CC2)c1. The minimum absolute atomic E-state index is 0.00506. The molecule has 0 spiro atoms. The van der Waals surface area contributed by atoms with Crippen LogP contribution in [0.4, 0.5) is 21.9 Å². The van der Waals surface area contributed by atoms with Crippen molar-refractivity contribution >= 4 is 23.1 Å². The lowest BCUT2D eigenvalue weighted by Crippen LogP contribution is -2.50. The summed E-state index contributed by atoms with van der Waals surface area (Å²) in [5.74, 6) is 0. The van der Waals surface area contributed by atoms with E-state index in [2.05, 4.69) is 59.3 Å². The maximum absolute atomic E-state index is 12.7. The number of urea groups is 1. The van der Waals surface area contributed by atoms with Crippen molar-refractivity contribution in [2.75, 3.05) is 54.4 Å². The molecule has 0 unspecified atom stereocenters. The molecule has 0 aliphatic carbocycles. The van der Waals surface area contributed by atoms with Gasteiger partial charge in [-0.1, -0.05) is 12.1 Å². The van der Waals surface area contributed by atoms with E-state index in [1.165, 1.54) is 35.3 Å². The van der Waals surface area contributed by atoms with Crippen LogP contribution in [0.5, 0.6) is 0 Å². The first-order chi connectivity index (χ1) is 13.6. The number of piperazine rings is 1. The molecular formula is C23H30N4O. The highest BCUT2D eigenvalue weighted by Crippen LogP contribution is 2.24. The second-order valence-corrected chi connectivity index (χ2v) is 7.94. The molecule has 4 rings (SSSR count). The maximum Gasteiger partial charge on any atom is 0.321 e. The fraction of sp³-hybridized carbons (Fsp3) is 0.435. The van der Waals surface area contributed by atoms with E-state index in [-0.39, 0.29) is 6.03 Å². The maximum atomic E-state index is 12.7. The van der Waals surface area contributed by atoms with Gasteiger partial charge in [-0.3, -0.25) is 0 Å². The lowest BCUT2D eigenvalue weighted by molar-refractivity contribution is 0.208. The average molecular weight is 379 g/mol. The van der Waals surface area contributed by atoms with Crippen LogP contribution in [0.25, 0.3) is 0 Å². The number of aryl methyl sites for hydroxylation is 2. The predicted molar refractivity (Wildman–Crippen MR) is 117 cm³/mol. The number of carbonyl (C=O) groups is 1. The summed E-state index contributed by atoms with van der Waals surface area (Å²) in [6.07, 6.45) is 2.54. The van der Waals surface area contributed by atoms with Crippen molar-refractivity contribution in [3.8, 4) is 0 Å². The highest BCUT2D eigenvalue weighted by atomic mass is 16.2. The van der Waals surface area contributed by atoms with Gasteiger partial charge in [-0.15, -0.1) is 0 Å². The Kier molecular flexibility index (Phi) is 5.42. The molecule has 2 aromatic carbocycles. The molecule has 0 atom stereocenters. The second kappa shape index (κ2) is 8.13. The molecule has 2 aliphatic heterocycles. The summed E-state index contributed by atoms with van der Waals surface area (Å²) >= 11 is 0. The normalized spacial score (nSPS) is 17.1. The van der Waals surface area contributed by atoms with Crippen LogP contribution in [0.15, 0.2) is 42.5 Å². The van der Waals surface area contributed by atoms with Crippen molar-refractivity contribution in [3.63, 3.8) is 0 Å². The van der Waals surface area contributed by atoms with Crippen LogP contribution in [0.2, 0.25) is 0 Å². The summed E-state index contributed by atoms with van der Waals surface area (Å²) in [6, 6.07) is 14.8. The van der Waals surface area contributed by atoms with E-state index in [1.807, 2.05) is 17.0 Å². The number of anilines is 3. The van der Waals surface area contributed by atoms with Gasteiger partial charge < -0.3 is 20.0 Å². The number of nitrogens with zero attached hydrogens (tertiary/aromatic N) is 3. The van der Waals surface area contributed by atoms with Crippen molar-refractivity contribution in [2.45, 2.75) is 26.7 Å². The van der Waals surface area contributed by atoms with Crippen molar-refractivity contribution in [1.82, 2.24) is 4.90 Å². The zero-order valence-corrected chi connectivity index (χ0v) is 16.9. The zero-order chi connectivity index (χ0) is 19.5. The van der Waals surface area contributed by atoms with E-state index >= 15 is 0 Å². The van der Waals surface area contributed by atoms with Gasteiger partial charge in [0.05, 0.1) is 0 Å². The fourth-order valence-electron chi connectivity index (χ4n) is 4.14. The topological polar surface area (TPSA) is 38.8 Å². The highest BCUT2D eigenvalue weighted by Gasteiger charge is 2.22. The monoisotopic (exact) mass is 378 g/mol. The molecule has 1 N–H and O–H groups in total. The Labute approximate surface area is 167 Å². The van der Waals surface area contributed by atoms with Crippen molar-refractivity contribution < 1.29 is 4.79 Å². The summed E-state index contributed by atoms with van der Waals surface area (Å²) in [7, 11) is 0. The number of hydrogen-bond acceptors (Lipinski definition) is 3. The number of amides is 2. The Bertz CT molecular complexity index is 819. The molecule has 2 amide bonds. The third-order valence-electron chi connectivity index (χ3n) is 5.86. The summed E-state index contributed by atoms with van der Waals surface area (Å²) < 4.78 is 0. The largest absolute Gasteiger partial charge is 0.372 e. The first-order valence-corrected chi connectivity index (χ1v) is 10.3. The molecule has 5 heteroatoms. The third kappa shape index (κ3) is 4.08. The molecule has 0 bridgehead atoms. The molecule has 2 fully saturated rings. The summed E-state index contributed by atoms with van der Waals surface area (Å²) in [5.41, 5.74) is 5.97. The van der Waals surface area contributed by atoms with Gasteiger partial charge in [-0.2, -0.15) is 0 Å². The van der Waals surface area contributed by atoms with Gasteiger partial charge in [0.1, 0.15) is 0 Å². The second-order valence-electron chi connectivity index (χ2n) is 7.94. The zero-order valence-electron chi connectivity index (χ0n) is 16.9. The smallest absolute Gasteiger partial charge is 0.321 e. The minimum atomic E-state index is -0.00506. The Morgan fingerprint density at radius 2 is 1.50 bits per heavy atom. The van der Waals surface area contributed by atoms with Crippen LogP contribution in [0.3, 0.4) is 0 Å². The summed E-state index contributed by atoms with van der Waals surface area (Å²) in [5, 5.41) is 3.05. The van der Waals surface area contributed by atoms with Crippen LogP contribution in [-0.4, -0.2) is 50.2 Å². The van der Waals surface area contributed by atoms with Gasteiger partial charge in [0.2, 0.25) is 0 Å². The van der Waals surface area contributed by atoms with Gasteiger partial charge in [-0.25, -0.2) is 4.79 Å². The molecule has 0 aromatic heterocycles. The molecule has 5 nitrogen and oxygen atoms in total. The van der Waals surface area contributed by atoms with E-state index in [1.54, 1.807) is 0 Å². The van der Waals surface area contributed by atoms with Gasteiger partial charge >= 0.3 is 6.03 Å². The number of rotatable bonds is 3. The van der Waals surface area contributed by atoms with E-state index in [9.17, 15) is 4.79 Å². The van der Waals surface area contributed by atoms with Crippen LogP contribution in [0, 0.1) is 13.8 Å². The van der Waals surface area contributed by atoms with Crippen molar-refractivity contribution in [2.24, 2.45) is 0 Å². The fourth-order valence-corrected chi connectivity index (χ4v) is 4.14. The number of benzene rings is 2. The van der Waals surface area contributed by atoms with Crippen LogP contribution >= 0.6 is 0 Å². The Hall–Kier alpha value is -2.69. The molecule has 0 saturated carbocycles. The number of carbonyl (C=O) groups excluding carboxylic acids is 1. The Balaban J connectivity index is 1.32. The highest BCUT2D eigenvalue weighted by molar-refractivity contribution is 5.89. The van der Waals surface area contributed by atoms with Crippen LogP contribution in [-0.2, 0) is 0 Å². The van der Waals surface area contributed by atoms with Crippen LogP contribution < -0.4 is 15.1 Å². The first kappa shape index (κ1) is 18.7. The minimum Gasteiger partial charge on any atom is -0.372 e. The molecule has 2 saturated heterocycles. The quantitative estimate of drug-likeness (QED) is 0.867. The van der Waals surface area contributed by atoms with Crippen LogP contribution in [0.1, 0.15) is 24.0 Å². The molecule has 2 aliphatic rings. The first-order valence-electron chi connectivity index (χ1n) is 10.3. The molecule has 28 heavy (non-hydrogen) atoms. The van der Waals surface area contributed by atoms with Gasteiger partial charge in [0.25, 0.3) is 0 Å². The molecular weight excluding hydrogens is 348 g/mol. The number of nitrogens with one attached hydrogen (secondary N) is 1. The predicted octanol–water partition coefficient (Wildman–Crippen LogP) is 4.26. The third-order valence-corrected chi connectivity index (χ3v) is 5.86. The van der Waals surface area contributed by atoms with Gasteiger partial charge in [0.15, 0.2) is 0 Å². The molecule has 0 radical (unpaired) electrons. The van der Waals surface area contributed by atoms with Gasteiger partial charge in [0, 0.05) is 56.3 Å². The standard InChI is InChI=1S/C23H30N4O/c1-18-5-6-19(2)22(17-18)26-13-15-27(16-14-26)23(28)24-20-7-9-21(10-8-20)25-11-3-4-12-25/h5-10,17H,3-4,11-16H2,1-2H3,(H,24,28). The molecule has 2 aromatic rings. The van der Waals surface area contributed by atoms with Crippen molar-refractivity contribution in [3.05, 3.63) is 53.6 Å². The summed E-state index contributed by atoms with van der Waals surface area (Å²) in [6.45, 7) is 9.77. The van der Waals surface area contributed by atoms with E-state index in [4.69, 9.17) is 0 Å². The average Bonchev–Trinajstić information content (AvgIpc) is 3.25. The van der Waals surface area contributed by atoms with Crippen molar-refractivity contribution in [1.29, 1.82) is 0 Å². The lowest BCUT2D eigenvalue weighted by atomic mass is 10.1. The van der Waals surface area contributed by atoms with E-state index in [0.29, 0.717) is 0 Å².